The van der Waals surface area contributed by atoms with E-state index in [9.17, 15) is 0 Å². The van der Waals surface area contributed by atoms with Crippen LogP contribution in [0.3, 0.4) is 0 Å². The fourth-order valence-corrected chi connectivity index (χ4v) is 1.20. The monoisotopic (exact) mass is 183 g/mol. The summed E-state index contributed by atoms with van der Waals surface area (Å²) >= 11 is 0. The van der Waals surface area contributed by atoms with Crippen molar-refractivity contribution in [3.8, 4) is 0 Å². The fourth-order valence-electron chi connectivity index (χ4n) is 1.20. The maximum Gasteiger partial charge on any atom is 0.0946 e. The lowest BCUT2D eigenvalue weighted by molar-refractivity contribution is 0.282. The fraction of sp³-hybridized carbons (Fsp3) is 0.667. The Balaban J connectivity index is 2.14. The second kappa shape index (κ2) is 5.72. The molecule has 4 nitrogen and oxygen atoms in total. The minimum Gasteiger partial charge on any atom is -0.396 e. The summed E-state index contributed by atoms with van der Waals surface area (Å²) in [4.78, 5) is 3.97. The van der Waals surface area contributed by atoms with Crippen LogP contribution >= 0.6 is 0 Å². The van der Waals surface area contributed by atoms with Gasteiger partial charge in [0.05, 0.1) is 6.33 Å². The van der Waals surface area contributed by atoms with Crippen molar-refractivity contribution < 1.29 is 5.11 Å². The summed E-state index contributed by atoms with van der Waals surface area (Å²) in [7, 11) is 0. The van der Waals surface area contributed by atoms with Gasteiger partial charge in [0.1, 0.15) is 0 Å². The van der Waals surface area contributed by atoms with Crippen LogP contribution in [0.15, 0.2) is 18.7 Å². The number of hydrogen-bond donors (Lipinski definition) is 2. The molecule has 0 aliphatic rings. The molecule has 0 aliphatic carbocycles. The molecule has 1 heterocycles. The SMILES string of the molecule is CC(Cn1ccnc1)NCCCO. The van der Waals surface area contributed by atoms with Crippen LogP contribution in [0.2, 0.25) is 0 Å². The smallest absolute Gasteiger partial charge is 0.0946 e. The van der Waals surface area contributed by atoms with Gasteiger partial charge in [0.25, 0.3) is 0 Å². The Kier molecular flexibility index (Phi) is 4.49. The molecule has 0 aromatic carbocycles. The number of aliphatic hydroxyl groups is 1. The Morgan fingerprint density at radius 1 is 1.62 bits per heavy atom. The number of nitrogens with zero attached hydrogens (tertiary/aromatic N) is 2. The molecular weight excluding hydrogens is 166 g/mol. The lowest BCUT2D eigenvalue weighted by atomic mass is 10.3. The van der Waals surface area contributed by atoms with Gasteiger partial charge in [0, 0.05) is 31.6 Å². The Hall–Kier alpha value is -0.870. The van der Waals surface area contributed by atoms with Gasteiger partial charge in [-0.15, -0.1) is 0 Å². The molecule has 0 aliphatic heterocycles. The zero-order valence-corrected chi connectivity index (χ0v) is 7.98. The van der Waals surface area contributed by atoms with Crippen molar-refractivity contribution in [2.24, 2.45) is 0 Å². The van der Waals surface area contributed by atoms with Crippen molar-refractivity contribution in [1.29, 1.82) is 0 Å². The molecule has 1 unspecified atom stereocenters. The summed E-state index contributed by atoms with van der Waals surface area (Å²) in [6, 6.07) is 0.417. The molecular formula is C9H17N3O. The van der Waals surface area contributed by atoms with Crippen molar-refractivity contribution >= 4 is 0 Å². The lowest BCUT2D eigenvalue weighted by Crippen LogP contribution is -2.31. The first-order valence-electron chi connectivity index (χ1n) is 4.63. The van der Waals surface area contributed by atoms with Gasteiger partial charge in [0.2, 0.25) is 0 Å². The standard InChI is InChI=1S/C9H17N3O/c1-9(11-3-2-6-13)7-12-5-4-10-8-12/h4-5,8-9,11,13H,2-3,6-7H2,1H3. The van der Waals surface area contributed by atoms with Crippen LogP contribution in [0.1, 0.15) is 13.3 Å². The number of imidazole rings is 1. The number of aliphatic hydroxyl groups excluding tert-OH is 1. The summed E-state index contributed by atoms with van der Waals surface area (Å²) in [5.41, 5.74) is 0. The van der Waals surface area contributed by atoms with E-state index in [0.717, 1.165) is 19.5 Å². The third-order valence-corrected chi connectivity index (χ3v) is 1.87. The van der Waals surface area contributed by atoms with Crippen LogP contribution in [0.25, 0.3) is 0 Å². The zero-order valence-electron chi connectivity index (χ0n) is 7.98. The van der Waals surface area contributed by atoms with Crippen molar-refractivity contribution in [3.63, 3.8) is 0 Å². The second-order valence-electron chi connectivity index (χ2n) is 3.19. The largest absolute Gasteiger partial charge is 0.396 e. The highest BCUT2D eigenvalue weighted by atomic mass is 16.3. The highest BCUT2D eigenvalue weighted by molar-refractivity contribution is 4.76. The minimum atomic E-state index is 0.255. The Morgan fingerprint density at radius 2 is 2.46 bits per heavy atom. The maximum atomic E-state index is 8.58. The Bertz CT molecular complexity index is 211. The predicted octanol–water partition coefficient (Wildman–Crippen LogP) is 0.244. The van der Waals surface area contributed by atoms with Gasteiger partial charge in [-0.05, 0) is 19.9 Å². The molecule has 0 fully saturated rings. The number of hydrogen-bond acceptors (Lipinski definition) is 3. The summed E-state index contributed by atoms with van der Waals surface area (Å²) in [6.45, 7) is 4.17. The molecule has 0 radical (unpaired) electrons. The molecule has 0 spiro atoms. The van der Waals surface area contributed by atoms with Gasteiger partial charge in [-0.25, -0.2) is 4.98 Å². The minimum absolute atomic E-state index is 0.255. The second-order valence-corrected chi connectivity index (χ2v) is 3.19. The summed E-state index contributed by atoms with van der Waals surface area (Å²) in [5.74, 6) is 0. The number of rotatable bonds is 6. The first-order chi connectivity index (χ1) is 6.33. The van der Waals surface area contributed by atoms with E-state index < -0.39 is 0 Å². The molecule has 13 heavy (non-hydrogen) atoms. The molecule has 1 rings (SSSR count). The van der Waals surface area contributed by atoms with E-state index in [1.54, 1.807) is 6.20 Å². The van der Waals surface area contributed by atoms with E-state index in [4.69, 9.17) is 5.11 Å². The number of nitrogens with one attached hydrogen (secondary N) is 1. The molecule has 0 amide bonds. The van der Waals surface area contributed by atoms with Gasteiger partial charge in [-0.3, -0.25) is 0 Å². The van der Waals surface area contributed by atoms with E-state index in [1.165, 1.54) is 0 Å². The summed E-state index contributed by atoms with van der Waals surface area (Å²) in [5, 5.41) is 11.9. The van der Waals surface area contributed by atoms with E-state index >= 15 is 0 Å². The van der Waals surface area contributed by atoms with Crippen molar-refractivity contribution in [3.05, 3.63) is 18.7 Å². The first-order valence-corrected chi connectivity index (χ1v) is 4.63. The van der Waals surface area contributed by atoms with Gasteiger partial charge in [-0.2, -0.15) is 0 Å². The lowest BCUT2D eigenvalue weighted by Gasteiger charge is -2.13. The van der Waals surface area contributed by atoms with Gasteiger partial charge < -0.3 is 15.0 Å². The average molecular weight is 183 g/mol. The Morgan fingerprint density at radius 3 is 3.08 bits per heavy atom. The van der Waals surface area contributed by atoms with E-state index in [-0.39, 0.29) is 6.61 Å². The van der Waals surface area contributed by atoms with Gasteiger partial charge in [-0.1, -0.05) is 0 Å². The normalized spacial score (nSPS) is 13.1. The van der Waals surface area contributed by atoms with Crippen molar-refractivity contribution in [2.75, 3.05) is 13.2 Å². The third kappa shape index (κ3) is 4.05. The van der Waals surface area contributed by atoms with E-state index in [2.05, 4.69) is 17.2 Å². The average Bonchev–Trinajstić information content (AvgIpc) is 2.57. The topological polar surface area (TPSA) is 50.1 Å². The van der Waals surface area contributed by atoms with Crippen molar-refractivity contribution in [2.45, 2.75) is 25.9 Å². The Labute approximate surface area is 78.6 Å². The van der Waals surface area contributed by atoms with Crippen LogP contribution in [-0.2, 0) is 6.54 Å². The first kappa shape index (κ1) is 10.2. The van der Waals surface area contributed by atoms with Crippen LogP contribution in [-0.4, -0.2) is 33.9 Å². The van der Waals surface area contributed by atoms with Crippen LogP contribution < -0.4 is 5.32 Å². The third-order valence-electron chi connectivity index (χ3n) is 1.87. The maximum absolute atomic E-state index is 8.58. The molecule has 74 valence electrons. The summed E-state index contributed by atoms with van der Waals surface area (Å²) < 4.78 is 2.04. The van der Waals surface area contributed by atoms with E-state index in [0.29, 0.717) is 6.04 Å². The van der Waals surface area contributed by atoms with Crippen LogP contribution in [0.4, 0.5) is 0 Å². The quantitative estimate of drug-likeness (QED) is 0.621. The molecule has 2 N–H and O–H groups in total. The molecule has 0 saturated heterocycles. The summed E-state index contributed by atoms with van der Waals surface area (Å²) in [6.07, 6.45) is 6.35. The molecule has 4 heteroatoms. The molecule has 1 aromatic rings. The molecule has 0 bridgehead atoms. The predicted molar refractivity (Wildman–Crippen MR) is 51.4 cm³/mol. The van der Waals surface area contributed by atoms with Gasteiger partial charge >= 0.3 is 0 Å². The molecule has 1 atom stereocenters. The molecule has 1 aromatic heterocycles. The van der Waals surface area contributed by atoms with Crippen LogP contribution in [0, 0.1) is 0 Å². The van der Waals surface area contributed by atoms with Crippen LogP contribution in [0.5, 0.6) is 0 Å². The number of aromatic nitrogens is 2. The zero-order chi connectivity index (χ0) is 9.52. The van der Waals surface area contributed by atoms with Gasteiger partial charge in [0.15, 0.2) is 0 Å². The highest BCUT2D eigenvalue weighted by Gasteiger charge is 2.00. The molecule has 0 saturated carbocycles. The highest BCUT2D eigenvalue weighted by Crippen LogP contribution is 1.91. The van der Waals surface area contributed by atoms with E-state index in [1.807, 2.05) is 17.1 Å². The van der Waals surface area contributed by atoms with Crippen molar-refractivity contribution in [1.82, 2.24) is 14.9 Å².